The highest BCUT2D eigenvalue weighted by molar-refractivity contribution is 7.10. The van der Waals surface area contributed by atoms with Crippen molar-refractivity contribution in [2.45, 2.75) is 0 Å². The number of hydrogen-bond donors (Lipinski definition) is 1. The third kappa shape index (κ3) is 3.90. The van der Waals surface area contributed by atoms with Crippen molar-refractivity contribution in [3.8, 4) is 0 Å². The molecule has 1 aromatic rings. The number of aromatic nitrogens is 2. The van der Waals surface area contributed by atoms with Gasteiger partial charge in [0.1, 0.15) is 0 Å². The molecule has 0 bridgehead atoms. The lowest BCUT2D eigenvalue weighted by molar-refractivity contribution is -0.145. The van der Waals surface area contributed by atoms with E-state index in [2.05, 4.69) is 29.4 Å². The number of aldehydes is 1. The van der Waals surface area contributed by atoms with Crippen molar-refractivity contribution in [2.75, 3.05) is 19.0 Å². The molecule has 96 valence electrons. The van der Waals surface area contributed by atoms with E-state index in [1.807, 2.05) is 0 Å². The molecule has 0 saturated heterocycles. The average molecular weight is 272 g/mol. The van der Waals surface area contributed by atoms with Crippen molar-refractivity contribution in [1.82, 2.24) is 9.36 Å². The van der Waals surface area contributed by atoms with Crippen LogP contribution in [0.15, 0.2) is 5.16 Å². The summed E-state index contributed by atoms with van der Waals surface area (Å²) >= 11 is 0.872. The first-order valence-electron chi connectivity index (χ1n) is 4.47. The number of rotatable bonds is 7. The summed E-state index contributed by atoms with van der Waals surface area (Å²) in [5.41, 5.74) is -0.200. The maximum absolute atomic E-state index is 10.7. The second-order valence-electron chi connectivity index (χ2n) is 2.63. The number of esters is 1. The minimum Gasteiger partial charge on any atom is -0.466 e. The minimum atomic E-state index is -0.640. The number of methoxy groups -OCH3 is 1. The van der Waals surface area contributed by atoms with E-state index in [0.717, 1.165) is 11.5 Å². The predicted molar refractivity (Wildman–Crippen MR) is 60.2 cm³/mol. The Morgan fingerprint density at radius 3 is 2.94 bits per heavy atom. The maximum Gasteiger partial charge on any atom is 0.346 e. The lowest BCUT2D eigenvalue weighted by Crippen LogP contribution is -2.11. The van der Waals surface area contributed by atoms with Crippen LogP contribution in [0.4, 0.5) is 5.13 Å². The van der Waals surface area contributed by atoms with Gasteiger partial charge in [0.15, 0.2) is 17.8 Å². The van der Waals surface area contributed by atoms with Gasteiger partial charge in [0.05, 0.1) is 7.11 Å². The monoisotopic (exact) mass is 272 g/mol. The smallest absolute Gasteiger partial charge is 0.346 e. The van der Waals surface area contributed by atoms with Crippen LogP contribution in [0.2, 0.25) is 0 Å². The van der Waals surface area contributed by atoms with Gasteiger partial charge in [-0.15, -0.1) is 0 Å². The number of anilines is 1. The van der Waals surface area contributed by atoms with Gasteiger partial charge in [-0.2, -0.15) is 9.36 Å². The first-order chi connectivity index (χ1) is 8.71. The van der Waals surface area contributed by atoms with E-state index >= 15 is 0 Å². The van der Waals surface area contributed by atoms with Crippen molar-refractivity contribution in [2.24, 2.45) is 5.16 Å². The zero-order chi connectivity index (χ0) is 13.4. The van der Waals surface area contributed by atoms with Crippen LogP contribution in [0.5, 0.6) is 0 Å². The zero-order valence-corrected chi connectivity index (χ0v) is 9.97. The fourth-order valence-corrected chi connectivity index (χ4v) is 1.30. The normalized spacial score (nSPS) is 10.6. The van der Waals surface area contributed by atoms with Crippen LogP contribution in [0.1, 0.15) is 5.82 Å². The highest BCUT2D eigenvalue weighted by Gasteiger charge is 2.11. The quantitative estimate of drug-likeness (QED) is 0.298. The van der Waals surface area contributed by atoms with Crippen LogP contribution in [0.25, 0.3) is 0 Å². The Bertz CT molecular complexity index is 472. The van der Waals surface area contributed by atoms with Crippen LogP contribution in [-0.2, 0) is 24.0 Å². The van der Waals surface area contributed by atoms with Gasteiger partial charge >= 0.3 is 5.97 Å². The fraction of sp³-hybridized carbons (Fsp3) is 0.250. The topological polar surface area (TPSA) is 120 Å². The Hall–Kier alpha value is -2.36. The van der Waals surface area contributed by atoms with E-state index in [9.17, 15) is 14.4 Å². The molecule has 1 heterocycles. The molecule has 0 aliphatic carbocycles. The molecule has 0 atom stereocenters. The lowest BCUT2D eigenvalue weighted by Gasteiger charge is -1.97. The summed E-state index contributed by atoms with van der Waals surface area (Å²) in [6.45, 7) is -0.433. The summed E-state index contributed by atoms with van der Waals surface area (Å²) in [4.78, 5) is 40.0. The molecule has 0 aromatic carbocycles. The summed E-state index contributed by atoms with van der Waals surface area (Å²) < 4.78 is 8.08. The van der Waals surface area contributed by atoms with E-state index < -0.39 is 12.6 Å². The summed E-state index contributed by atoms with van der Waals surface area (Å²) in [5, 5.41) is 5.87. The number of hydrogen-bond acceptors (Lipinski definition) is 9. The van der Waals surface area contributed by atoms with Crippen molar-refractivity contribution < 1.29 is 24.0 Å². The number of nitrogens with zero attached hydrogens (tertiary/aromatic N) is 3. The van der Waals surface area contributed by atoms with Crippen LogP contribution < -0.4 is 5.32 Å². The molecule has 1 rings (SSSR count). The highest BCUT2D eigenvalue weighted by Crippen LogP contribution is 2.10. The van der Waals surface area contributed by atoms with Crippen LogP contribution in [0.3, 0.4) is 0 Å². The van der Waals surface area contributed by atoms with Crippen LogP contribution >= 0.6 is 11.5 Å². The number of oxime groups is 1. The van der Waals surface area contributed by atoms with Gasteiger partial charge in [0.2, 0.25) is 18.1 Å². The number of nitrogens with one attached hydrogen (secondary N) is 1. The molecule has 1 amide bonds. The molecule has 0 fully saturated rings. The Kier molecular flexibility index (Phi) is 5.38. The molecule has 10 heteroatoms. The van der Waals surface area contributed by atoms with E-state index in [0.29, 0.717) is 12.7 Å². The lowest BCUT2D eigenvalue weighted by atomic mass is 10.4. The van der Waals surface area contributed by atoms with E-state index in [-0.39, 0.29) is 16.7 Å². The summed E-state index contributed by atoms with van der Waals surface area (Å²) in [6, 6.07) is 0. The predicted octanol–water partition coefficient (Wildman–Crippen LogP) is -0.801. The second kappa shape index (κ2) is 7.06. The standard InChI is InChI=1S/C8H8N4O5S/c1-16-6(15)3-17-11-5(2-13)7-10-8(9-4-14)18-12-7/h2,4H,3H2,1H3,(H,9,10,12,14)/b11-5+. The van der Waals surface area contributed by atoms with Gasteiger partial charge in [-0.1, -0.05) is 5.16 Å². The SMILES string of the molecule is COC(=O)CO/N=C(\C=O)c1nsc(NC=O)n1. The molecule has 1 N–H and O–H groups in total. The second-order valence-corrected chi connectivity index (χ2v) is 3.38. The third-order valence-electron chi connectivity index (χ3n) is 1.52. The molecule has 0 saturated carbocycles. The average Bonchev–Trinajstić information content (AvgIpc) is 2.83. The van der Waals surface area contributed by atoms with Gasteiger partial charge in [-0.05, 0) is 0 Å². The maximum atomic E-state index is 10.7. The summed E-state index contributed by atoms with van der Waals surface area (Å²) in [6.07, 6.45) is 0.791. The largest absolute Gasteiger partial charge is 0.466 e. The Labute approximate surface area is 105 Å². The molecule has 9 nitrogen and oxygen atoms in total. The zero-order valence-electron chi connectivity index (χ0n) is 9.15. The molecule has 1 aromatic heterocycles. The van der Waals surface area contributed by atoms with Crippen molar-refractivity contribution in [3.05, 3.63) is 5.82 Å². The van der Waals surface area contributed by atoms with E-state index in [4.69, 9.17) is 0 Å². The van der Waals surface area contributed by atoms with Crippen molar-refractivity contribution in [3.63, 3.8) is 0 Å². The first-order valence-corrected chi connectivity index (χ1v) is 5.24. The summed E-state index contributed by atoms with van der Waals surface area (Å²) in [5.74, 6) is -0.650. The summed E-state index contributed by atoms with van der Waals surface area (Å²) in [7, 11) is 1.19. The van der Waals surface area contributed by atoms with E-state index in [1.54, 1.807) is 0 Å². The Morgan fingerprint density at radius 1 is 1.56 bits per heavy atom. The van der Waals surface area contributed by atoms with Gasteiger partial charge in [-0.25, -0.2) is 4.79 Å². The van der Waals surface area contributed by atoms with E-state index in [1.165, 1.54) is 7.11 Å². The number of carbonyl (C=O) groups excluding carboxylic acids is 3. The molecular formula is C8H8N4O5S. The molecule has 0 spiro atoms. The number of ether oxygens (including phenoxy) is 1. The van der Waals surface area contributed by atoms with Crippen molar-refractivity contribution in [1.29, 1.82) is 0 Å². The number of amides is 1. The molecule has 0 aliphatic heterocycles. The Balaban J connectivity index is 2.69. The minimum absolute atomic E-state index is 0.00999. The fourth-order valence-electron chi connectivity index (χ4n) is 0.765. The Morgan fingerprint density at radius 2 is 2.33 bits per heavy atom. The van der Waals surface area contributed by atoms with Gasteiger partial charge in [-0.3, -0.25) is 9.59 Å². The molecule has 0 radical (unpaired) electrons. The number of carbonyl (C=O) groups is 3. The highest BCUT2D eigenvalue weighted by atomic mass is 32.1. The first kappa shape index (κ1) is 13.7. The third-order valence-corrected chi connectivity index (χ3v) is 2.17. The van der Waals surface area contributed by atoms with Crippen LogP contribution in [0, 0.1) is 0 Å². The van der Waals surface area contributed by atoms with Gasteiger partial charge < -0.3 is 14.9 Å². The van der Waals surface area contributed by atoms with Crippen LogP contribution in [-0.4, -0.2) is 47.5 Å². The molecular weight excluding hydrogens is 264 g/mol. The van der Waals surface area contributed by atoms with Crippen molar-refractivity contribution >= 4 is 41.0 Å². The molecule has 0 unspecified atom stereocenters. The molecule has 18 heavy (non-hydrogen) atoms. The molecule has 0 aliphatic rings. The van der Waals surface area contributed by atoms with Gasteiger partial charge in [0.25, 0.3) is 0 Å². The van der Waals surface area contributed by atoms with Gasteiger partial charge in [0, 0.05) is 11.5 Å².